The van der Waals surface area contributed by atoms with Gasteiger partial charge in [0.1, 0.15) is 12.4 Å². The maximum atomic E-state index is 12.2. The molecule has 0 radical (unpaired) electrons. The second-order valence-corrected chi connectivity index (χ2v) is 5.08. The summed E-state index contributed by atoms with van der Waals surface area (Å²) in [6.45, 7) is 3.57. The highest BCUT2D eigenvalue weighted by Gasteiger charge is 2.54. The van der Waals surface area contributed by atoms with Crippen LogP contribution in [0.3, 0.4) is 0 Å². The van der Waals surface area contributed by atoms with E-state index >= 15 is 0 Å². The van der Waals surface area contributed by atoms with Crippen molar-refractivity contribution in [2.24, 2.45) is 11.7 Å². The van der Waals surface area contributed by atoms with Crippen LogP contribution in [0.5, 0.6) is 5.75 Å². The maximum Gasteiger partial charge on any atom is 0.330 e. The summed E-state index contributed by atoms with van der Waals surface area (Å²) in [7, 11) is 1.56. The molecule has 1 heterocycles. The number of urea groups is 1. The van der Waals surface area contributed by atoms with Crippen LogP contribution in [0.15, 0.2) is 36.9 Å². The fraction of sp³-hybridized carbons (Fsp3) is 0.312. The van der Waals surface area contributed by atoms with Gasteiger partial charge in [0.15, 0.2) is 6.04 Å². The Morgan fingerprint density at radius 3 is 2.52 bits per heavy atom. The molecule has 0 spiro atoms. The van der Waals surface area contributed by atoms with Gasteiger partial charge in [-0.1, -0.05) is 18.2 Å². The minimum absolute atomic E-state index is 0.0287. The van der Waals surface area contributed by atoms with Gasteiger partial charge in [0.05, 0.1) is 13.0 Å². The number of β-lactam (4-membered cyclic amide) rings is 1. The van der Waals surface area contributed by atoms with Crippen molar-refractivity contribution in [3.05, 3.63) is 42.5 Å². The summed E-state index contributed by atoms with van der Waals surface area (Å²) in [6, 6.07) is 5.05. The Hall–Kier alpha value is -2.83. The topological polar surface area (TPSA) is 98.9 Å². The van der Waals surface area contributed by atoms with E-state index < -0.39 is 29.9 Å². The molecular weight excluding hydrogens is 300 g/mol. The van der Waals surface area contributed by atoms with Crippen LogP contribution in [-0.2, 0) is 20.9 Å². The molecule has 122 valence electrons. The molecule has 1 saturated heterocycles. The third kappa shape index (κ3) is 3.33. The third-order valence-electron chi connectivity index (χ3n) is 3.65. The minimum Gasteiger partial charge on any atom is -0.497 e. The summed E-state index contributed by atoms with van der Waals surface area (Å²) in [5.74, 6) is -1.10. The Bertz CT molecular complexity index is 626. The highest BCUT2D eigenvalue weighted by atomic mass is 16.5. The number of rotatable bonds is 6. The van der Waals surface area contributed by atoms with E-state index in [-0.39, 0.29) is 13.0 Å². The monoisotopic (exact) mass is 318 g/mol. The van der Waals surface area contributed by atoms with Crippen molar-refractivity contribution in [3.63, 3.8) is 0 Å². The molecule has 1 aliphatic rings. The molecular formula is C16H18N2O5. The zero-order valence-electron chi connectivity index (χ0n) is 12.7. The number of primary amides is 1. The molecule has 7 heteroatoms. The van der Waals surface area contributed by atoms with Crippen LogP contribution >= 0.6 is 0 Å². The number of likely N-dealkylation sites (tertiary alicyclic amines) is 1. The van der Waals surface area contributed by atoms with Gasteiger partial charge < -0.3 is 15.2 Å². The lowest BCUT2D eigenvalue weighted by Gasteiger charge is -2.42. The predicted octanol–water partition coefficient (Wildman–Crippen LogP) is 1.22. The van der Waals surface area contributed by atoms with Gasteiger partial charge in [-0.15, -0.1) is 6.58 Å². The van der Waals surface area contributed by atoms with Crippen molar-refractivity contribution >= 4 is 17.9 Å². The average molecular weight is 318 g/mol. The molecule has 0 bridgehead atoms. The maximum absolute atomic E-state index is 12.2. The Morgan fingerprint density at radius 1 is 1.35 bits per heavy atom. The molecule has 1 aromatic carbocycles. The first-order chi connectivity index (χ1) is 11.0. The molecule has 7 nitrogen and oxygen atoms in total. The van der Waals surface area contributed by atoms with Crippen LogP contribution in [0.2, 0.25) is 0 Å². The van der Waals surface area contributed by atoms with Gasteiger partial charge in [-0.25, -0.2) is 14.5 Å². The lowest BCUT2D eigenvalue weighted by atomic mass is 9.85. The summed E-state index contributed by atoms with van der Waals surface area (Å²) in [6.07, 6.45) is 1.80. The first-order valence-electron chi connectivity index (χ1n) is 7.02. The largest absolute Gasteiger partial charge is 0.497 e. The first kappa shape index (κ1) is 16.5. The number of benzene rings is 1. The summed E-state index contributed by atoms with van der Waals surface area (Å²) >= 11 is 0. The lowest BCUT2D eigenvalue weighted by Crippen LogP contribution is -2.67. The Kier molecular flexibility index (Phi) is 5.00. The van der Waals surface area contributed by atoms with Crippen molar-refractivity contribution in [2.75, 3.05) is 7.11 Å². The zero-order chi connectivity index (χ0) is 17.0. The van der Waals surface area contributed by atoms with Crippen LogP contribution in [-0.4, -0.2) is 36.0 Å². The van der Waals surface area contributed by atoms with Gasteiger partial charge in [0, 0.05) is 0 Å². The van der Waals surface area contributed by atoms with Crippen molar-refractivity contribution in [3.8, 4) is 5.75 Å². The molecule has 2 N–H and O–H groups in total. The van der Waals surface area contributed by atoms with Gasteiger partial charge in [0.2, 0.25) is 5.91 Å². The van der Waals surface area contributed by atoms with E-state index in [2.05, 4.69) is 6.58 Å². The number of nitrogens with zero attached hydrogens (tertiary/aromatic N) is 1. The SMILES string of the molecule is C=CC[C@H]1C(=O)N(C(N)=O)[C@@H]1C(=O)OCc1ccc(OC)cc1. The number of ether oxygens (including phenoxy) is 2. The summed E-state index contributed by atoms with van der Waals surface area (Å²) < 4.78 is 10.2. The second-order valence-electron chi connectivity index (χ2n) is 5.08. The molecule has 1 aromatic rings. The van der Waals surface area contributed by atoms with Crippen molar-refractivity contribution in [1.82, 2.24) is 4.90 Å². The number of methoxy groups -OCH3 is 1. The summed E-state index contributed by atoms with van der Waals surface area (Å²) in [5.41, 5.74) is 5.89. The molecule has 23 heavy (non-hydrogen) atoms. The highest BCUT2D eigenvalue weighted by molar-refractivity contribution is 6.07. The smallest absolute Gasteiger partial charge is 0.330 e. The molecule has 1 fully saturated rings. The fourth-order valence-corrected chi connectivity index (χ4v) is 2.43. The van der Waals surface area contributed by atoms with Crippen LogP contribution in [0.1, 0.15) is 12.0 Å². The third-order valence-corrected chi connectivity index (χ3v) is 3.65. The number of hydrogen-bond acceptors (Lipinski definition) is 5. The quantitative estimate of drug-likeness (QED) is 0.483. The number of esters is 1. The Labute approximate surface area is 133 Å². The molecule has 3 amide bonds. The number of amides is 3. The average Bonchev–Trinajstić information content (AvgIpc) is 2.55. The van der Waals surface area contributed by atoms with Crippen LogP contribution in [0, 0.1) is 5.92 Å². The number of hydrogen-bond donors (Lipinski definition) is 1. The standard InChI is InChI=1S/C16H18N2O5/c1-3-4-12-13(18(14(12)19)16(17)21)15(20)23-9-10-5-7-11(22-2)8-6-10/h3,5-8,12-13H,1,4,9H2,2H3,(H2,17,21)/t12-,13+/m1/s1. The van der Waals surface area contributed by atoms with E-state index in [1.807, 2.05) is 0 Å². The molecule has 0 aromatic heterocycles. The zero-order valence-corrected chi connectivity index (χ0v) is 12.7. The van der Waals surface area contributed by atoms with Crippen molar-refractivity contribution < 1.29 is 23.9 Å². The number of carbonyl (C=O) groups excluding carboxylic acids is 3. The number of carbonyl (C=O) groups is 3. The van der Waals surface area contributed by atoms with Crippen LogP contribution < -0.4 is 10.5 Å². The molecule has 2 atom stereocenters. The van der Waals surface area contributed by atoms with Gasteiger partial charge in [-0.05, 0) is 24.1 Å². The number of imide groups is 1. The fourth-order valence-electron chi connectivity index (χ4n) is 2.43. The second kappa shape index (κ2) is 6.95. The van der Waals surface area contributed by atoms with E-state index in [0.717, 1.165) is 10.5 Å². The van der Waals surface area contributed by atoms with Crippen LogP contribution in [0.25, 0.3) is 0 Å². The number of allylic oxidation sites excluding steroid dienone is 1. The molecule has 0 aliphatic carbocycles. The first-order valence-corrected chi connectivity index (χ1v) is 7.02. The van der Waals surface area contributed by atoms with Crippen molar-refractivity contribution in [2.45, 2.75) is 19.1 Å². The molecule has 0 unspecified atom stereocenters. The normalized spacial score (nSPS) is 19.7. The highest BCUT2D eigenvalue weighted by Crippen LogP contribution is 2.30. The van der Waals surface area contributed by atoms with E-state index in [4.69, 9.17) is 15.2 Å². The van der Waals surface area contributed by atoms with Gasteiger partial charge in [-0.2, -0.15) is 0 Å². The van der Waals surface area contributed by atoms with Gasteiger partial charge in [-0.3, -0.25) is 4.79 Å². The van der Waals surface area contributed by atoms with E-state index in [9.17, 15) is 14.4 Å². The van der Waals surface area contributed by atoms with Crippen LogP contribution in [0.4, 0.5) is 4.79 Å². The summed E-state index contributed by atoms with van der Waals surface area (Å²) in [4.78, 5) is 36.0. The Morgan fingerprint density at radius 2 is 2.00 bits per heavy atom. The van der Waals surface area contributed by atoms with E-state index in [1.54, 1.807) is 31.4 Å². The minimum atomic E-state index is -0.990. The molecule has 1 aliphatic heterocycles. The van der Waals surface area contributed by atoms with Gasteiger partial charge >= 0.3 is 12.0 Å². The van der Waals surface area contributed by atoms with Gasteiger partial charge in [0.25, 0.3) is 0 Å². The Balaban J connectivity index is 2.00. The lowest BCUT2D eigenvalue weighted by molar-refractivity contribution is -0.170. The molecule has 2 rings (SSSR count). The summed E-state index contributed by atoms with van der Waals surface area (Å²) in [5, 5.41) is 0. The predicted molar refractivity (Wildman–Crippen MR) is 81.3 cm³/mol. The van der Waals surface area contributed by atoms with Crippen molar-refractivity contribution in [1.29, 1.82) is 0 Å². The van der Waals surface area contributed by atoms with E-state index in [0.29, 0.717) is 5.75 Å². The van der Waals surface area contributed by atoms with E-state index in [1.165, 1.54) is 6.08 Å². The number of nitrogens with two attached hydrogens (primary N) is 1. The molecule has 0 saturated carbocycles.